The number of nitrogens with one attached hydrogen (secondary N) is 3. The molecule has 1 aromatic heterocycles. The number of amides is 1. The second kappa shape index (κ2) is 9.38. The summed E-state index contributed by atoms with van der Waals surface area (Å²) in [5.74, 6) is 0.00334. The number of ether oxygens (including phenoxy) is 1. The van der Waals surface area contributed by atoms with E-state index >= 15 is 0 Å². The van der Waals surface area contributed by atoms with Crippen molar-refractivity contribution in [3.8, 4) is 0 Å². The Balaban J connectivity index is 1.67. The molecule has 1 fully saturated rings. The lowest BCUT2D eigenvalue weighted by Gasteiger charge is -2.20. The Morgan fingerprint density at radius 1 is 1.39 bits per heavy atom. The molecular weight excluding hydrogens is 413 g/mol. The molecule has 2 heterocycles. The van der Waals surface area contributed by atoms with Crippen molar-refractivity contribution in [2.24, 2.45) is 7.05 Å². The summed E-state index contributed by atoms with van der Waals surface area (Å²) in [5, 5.41) is 17.8. The number of alkyl halides is 3. The molecule has 11 heteroatoms. The van der Waals surface area contributed by atoms with Crippen LogP contribution in [0.15, 0.2) is 47.5 Å². The van der Waals surface area contributed by atoms with Crippen molar-refractivity contribution in [1.82, 2.24) is 25.3 Å². The van der Waals surface area contributed by atoms with Crippen LogP contribution in [0.5, 0.6) is 0 Å². The summed E-state index contributed by atoms with van der Waals surface area (Å²) in [4.78, 5) is 14.1. The summed E-state index contributed by atoms with van der Waals surface area (Å²) >= 11 is 0. The molecule has 1 aromatic rings. The zero-order valence-corrected chi connectivity index (χ0v) is 17.3. The standard InChI is InChI=1S/C20H25F3N6O2/c1-25-18(19(30)27-13-6-8-29(10-13)12-20(21,22)23)16-9-15(3-4-17(16)24)31-11-14-5-7-26-28(14)2/h3-5,7,9,13,24-25H,6,8,10-12H2,1-2H3,(H,27,30)/b18-16-,24-17?. The Morgan fingerprint density at radius 2 is 2.16 bits per heavy atom. The van der Waals surface area contributed by atoms with Crippen molar-refractivity contribution in [1.29, 1.82) is 5.41 Å². The van der Waals surface area contributed by atoms with Gasteiger partial charge in [-0.05, 0) is 30.7 Å². The molecule has 3 N–H and O–H groups in total. The first kappa shape index (κ1) is 22.6. The molecule has 0 bridgehead atoms. The van der Waals surface area contributed by atoms with Crippen LogP contribution >= 0.6 is 0 Å². The minimum absolute atomic E-state index is 0.123. The maximum atomic E-state index is 12.8. The number of aryl methyl sites for hydroxylation is 1. The molecule has 0 saturated carbocycles. The molecule has 31 heavy (non-hydrogen) atoms. The summed E-state index contributed by atoms with van der Waals surface area (Å²) in [7, 11) is 3.36. The van der Waals surface area contributed by atoms with Crippen molar-refractivity contribution < 1.29 is 22.7 Å². The highest BCUT2D eigenvalue weighted by molar-refractivity contribution is 6.14. The van der Waals surface area contributed by atoms with Gasteiger partial charge in [0.2, 0.25) is 0 Å². The molecule has 8 nitrogen and oxygen atoms in total. The number of nitrogens with zero attached hydrogens (tertiary/aromatic N) is 3. The van der Waals surface area contributed by atoms with Crippen molar-refractivity contribution in [2.45, 2.75) is 25.2 Å². The van der Waals surface area contributed by atoms with Crippen LogP contribution < -0.4 is 10.6 Å². The SMILES string of the molecule is CN/C(C(=O)NC1CCN(CC(F)(F)F)C1)=C1/C=C(OCc2ccnn2C)C=CC1=N. The van der Waals surface area contributed by atoms with Gasteiger partial charge in [0.15, 0.2) is 0 Å². The fraction of sp³-hybridized carbons (Fsp3) is 0.450. The first-order valence-corrected chi connectivity index (χ1v) is 9.76. The lowest BCUT2D eigenvalue weighted by Crippen LogP contribution is -2.42. The number of allylic oxidation sites excluding steroid dienone is 4. The molecule has 1 amide bonds. The molecule has 2 aliphatic rings. The Morgan fingerprint density at radius 3 is 2.81 bits per heavy atom. The number of aromatic nitrogens is 2. The van der Waals surface area contributed by atoms with Crippen LogP contribution in [0.25, 0.3) is 0 Å². The highest BCUT2D eigenvalue weighted by Gasteiger charge is 2.35. The summed E-state index contributed by atoms with van der Waals surface area (Å²) in [6, 6.07) is 1.43. The quantitative estimate of drug-likeness (QED) is 0.563. The van der Waals surface area contributed by atoms with Crippen LogP contribution in [0.1, 0.15) is 12.1 Å². The maximum absolute atomic E-state index is 12.8. The third-order valence-corrected chi connectivity index (χ3v) is 5.06. The van der Waals surface area contributed by atoms with Gasteiger partial charge in [-0.2, -0.15) is 18.3 Å². The third-order valence-electron chi connectivity index (χ3n) is 5.06. The van der Waals surface area contributed by atoms with E-state index in [1.54, 1.807) is 37.1 Å². The molecule has 0 radical (unpaired) electrons. The molecular formula is C20H25F3N6O2. The topological polar surface area (TPSA) is 95.3 Å². The average molecular weight is 438 g/mol. The summed E-state index contributed by atoms with van der Waals surface area (Å²) in [6.45, 7) is -0.329. The predicted molar refractivity (Wildman–Crippen MR) is 108 cm³/mol. The Labute approximate surface area is 177 Å². The van der Waals surface area contributed by atoms with Gasteiger partial charge in [0, 0.05) is 45.0 Å². The average Bonchev–Trinajstić information content (AvgIpc) is 3.29. The van der Waals surface area contributed by atoms with E-state index in [1.165, 1.54) is 11.0 Å². The van der Waals surface area contributed by atoms with Crippen molar-refractivity contribution in [3.05, 3.63) is 53.2 Å². The largest absolute Gasteiger partial charge is 0.487 e. The van der Waals surface area contributed by atoms with Crippen LogP contribution in [0, 0.1) is 5.41 Å². The predicted octanol–water partition coefficient (Wildman–Crippen LogP) is 1.64. The molecule has 1 saturated heterocycles. The van der Waals surface area contributed by atoms with Crippen LogP contribution in [-0.4, -0.2) is 65.2 Å². The van der Waals surface area contributed by atoms with E-state index in [1.807, 2.05) is 6.07 Å². The maximum Gasteiger partial charge on any atom is 0.401 e. The Hall–Kier alpha value is -3.08. The normalized spacial score (nSPS) is 21.1. The van der Waals surface area contributed by atoms with Crippen molar-refractivity contribution >= 4 is 11.6 Å². The van der Waals surface area contributed by atoms with Crippen LogP contribution in [0.3, 0.4) is 0 Å². The van der Waals surface area contributed by atoms with Crippen molar-refractivity contribution in [3.63, 3.8) is 0 Å². The van der Waals surface area contributed by atoms with Crippen LogP contribution in [0.4, 0.5) is 13.2 Å². The second-order valence-corrected chi connectivity index (χ2v) is 7.38. The van der Waals surface area contributed by atoms with Gasteiger partial charge in [-0.25, -0.2) is 0 Å². The smallest absolute Gasteiger partial charge is 0.401 e. The van der Waals surface area contributed by atoms with Gasteiger partial charge in [0.1, 0.15) is 18.1 Å². The van der Waals surface area contributed by atoms with Crippen LogP contribution in [0.2, 0.25) is 0 Å². The monoisotopic (exact) mass is 438 g/mol. The van der Waals surface area contributed by atoms with E-state index in [9.17, 15) is 18.0 Å². The number of hydrogen-bond acceptors (Lipinski definition) is 6. The molecule has 168 valence electrons. The van der Waals surface area contributed by atoms with Gasteiger partial charge in [0.25, 0.3) is 5.91 Å². The van der Waals surface area contributed by atoms with Crippen LogP contribution in [-0.2, 0) is 23.2 Å². The Kier molecular flexibility index (Phi) is 6.84. The first-order chi connectivity index (χ1) is 14.7. The number of rotatable bonds is 7. The summed E-state index contributed by atoms with van der Waals surface area (Å²) in [5.41, 5.74) is 1.48. The number of carbonyl (C=O) groups is 1. The molecule has 1 unspecified atom stereocenters. The Bertz CT molecular complexity index is 932. The van der Waals surface area contributed by atoms with E-state index in [-0.39, 0.29) is 31.1 Å². The minimum atomic E-state index is -4.27. The fourth-order valence-corrected chi connectivity index (χ4v) is 3.50. The number of likely N-dealkylation sites (tertiary alicyclic amines) is 1. The molecule has 1 atom stereocenters. The van der Waals surface area contributed by atoms with E-state index < -0.39 is 24.7 Å². The summed E-state index contributed by atoms with van der Waals surface area (Å²) < 4.78 is 45.2. The van der Waals surface area contributed by atoms with E-state index in [2.05, 4.69) is 15.7 Å². The molecule has 3 rings (SSSR count). The lowest BCUT2D eigenvalue weighted by molar-refractivity contribution is -0.143. The van der Waals surface area contributed by atoms with E-state index in [0.717, 1.165) is 5.69 Å². The molecule has 1 aliphatic heterocycles. The zero-order chi connectivity index (χ0) is 22.6. The highest BCUT2D eigenvalue weighted by atomic mass is 19.4. The lowest BCUT2D eigenvalue weighted by atomic mass is 10.0. The van der Waals surface area contributed by atoms with Gasteiger partial charge < -0.3 is 20.8 Å². The third kappa shape index (κ3) is 5.97. The number of hydrogen-bond donors (Lipinski definition) is 3. The van der Waals surface area contributed by atoms with Gasteiger partial charge in [-0.15, -0.1) is 0 Å². The molecule has 0 aromatic carbocycles. The van der Waals surface area contributed by atoms with Gasteiger partial charge in [0.05, 0.1) is 18.0 Å². The van der Waals surface area contributed by atoms with Crippen molar-refractivity contribution in [2.75, 3.05) is 26.7 Å². The van der Waals surface area contributed by atoms with Gasteiger partial charge >= 0.3 is 6.18 Å². The van der Waals surface area contributed by atoms with Gasteiger partial charge in [-0.1, -0.05) is 0 Å². The fourth-order valence-electron chi connectivity index (χ4n) is 3.50. The number of likely N-dealkylation sites (N-methyl/N-ethyl adjacent to an activating group) is 1. The number of carbonyl (C=O) groups excluding carboxylic acids is 1. The second-order valence-electron chi connectivity index (χ2n) is 7.38. The number of halogens is 3. The summed E-state index contributed by atoms with van der Waals surface area (Å²) in [6.07, 6.45) is 2.58. The first-order valence-electron chi connectivity index (χ1n) is 9.76. The highest BCUT2D eigenvalue weighted by Crippen LogP contribution is 2.21. The molecule has 1 aliphatic carbocycles. The molecule has 0 spiro atoms. The van der Waals surface area contributed by atoms with Gasteiger partial charge in [-0.3, -0.25) is 14.4 Å². The van der Waals surface area contributed by atoms with E-state index in [0.29, 0.717) is 17.8 Å². The van der Waals surface area contributed by atoms with E-state index in [4.69, 9.17) is 10.1 Å². The minimum Gasteiger partial charge on any atom is -0.487 e. The zero-order valence-electron chi connectivity index (χ0n) is 17.3.